The molecule has 0 aromatic rings. The van der Waals surface area contributed by atoms with Crippen LogP contribution < -0.4 is 10.8 Å². The third-order valence-corrected chi connectivity index (χ3v) is 5.12. The molecule has 2 unspecified atom stereocenters. The Morgan fingerprint density at radius 2 is 2.21 bits per heavy atom. The number of carboxylic acid groups (broad SMARTS) is 1. The monoisotopic (exact) mass is 285 g/mol. The fourth-order valence-electron chi connectivity index (χ4n) is 2.32. The average molecular weight is 285 g/mol. The van der Waals surface area contributed by atoms with Crippen molar-refractivity contribution in [1.29, 1.82) is 0 Å². The number of thioether (sulfide) groups is 1. The maximum Gasteiger partial charge on any atom is 0.248 e. The smallest absolute Gasteiger partial charge is 0.248 e. The number of aliphatic carboxylic acids is 1. The van der Waals surface area contributed by atoms with Crippen LogP contribution in [0.4, 0.5) is 0 Å². The van der Waals surface area contributed by atoms with Gasteiger partial charge in [0.2, 0.25) is 5.91 Å². The van der Waals surface area contributed by atoms with E-state index in [2.05, 4.69) is 0 Å². The Morgan fingerprint density at radius 1 is 1.58 bits per heavy atom. The zero-order chi connectivity index (χ0) is 14.4. The van der Waals surface area contributed by atoms with Crippen molar-refractivity contribution in [3.8, 4) is 0 Å². The highest BCUT2D eigenvalue weighted by atomic mass is 32.2. The summed E-state index contributed by atoms with van der Waals surface area (Å²) in [5, 5.41) is 11.1. The van der Waals surface area contributed by atoms with Crippen molar-refractivity contribution in [2.24, 2.45) is 5.73 Å². The van der Waals surface area contributed by atoms with Crippen LogP contribution in [0.1, 0.15) is 6.92 Å². The van der Waals surface area contributed by atoms with Crippen LogP contribution in [-0.4, -0.2) is 65.6 Å². The molecule has 1 saturated heterocycles. The Kier molecular flexibility index (Phi) is 3.63. The number of carboxylic acids is 1. The molecule has 6 nitrogen and oxygen atoms in total. The summed E-state index contributed by atoms with van der Waals surface area (Å²) < 4.78 is 0.672. The number of rotatable bonds is 4. The SMILES string of the molecule is CC[N+](C)(C)CC1=C(C(=O)[O-])N2C(=O)C(N)C2SC1. The lowest BCUT2D eigenvalue weighted by molar-refractivity contribution is -0.883. The van der Waals surface area contributed by atoms with Gasteiger partial charge in [-0.05, 0) is 6.92 Å². The van der Waals surface area contributed by atoms with Gasteiger partial charge in [0, 0.05) is 11.3 Å². The molecule has 106 valence electrons. The molecule has 0 aromatic heterocycles. The van der Waals surface area contributed by atoms with Crippen molar-refractivity contribution in [2.45, 2.75) is 18.3 Å². The predicted octanol–water partition coefficient (Wildman–Crippen LogP) is -1.67. The molecule has 0 saturated carbocycles. The molecule has 7 heteroatoms. The van der Waals surface area contributed by atoms with Crippen LogP contribution in [0.3, 0.4) is 0 Å². The predicted molar refractivity (Wildman–Crippen MR) is 70.6 cm³/mol. The summed E-state index contributed by atoms with van der Waals surface area (Å²) in [6, 6.07) is -0.588. The van der Waals surface area contributed by atoms with E-state index in [1.807, 2.05) is 21.0 Å². The van der Waals surface area contributed by atoms with Gasteiger partial charge in [0.15, 0.2) is 0 Å². The van der Waals surface area contributed by atoms with Crippen LogP contribution in [0.15, 0.2) is 11.3 Å². The van der Waals surface area contributed by atoms with Crippen molar-refractivity contribution >= 4 is 23.6 Å². The number of quaternary nitrogens is 1. The number of fused-ring (bicyclic) bond motifs is 1. The summed E-state index contributed by atoms with van der Waals surface area (Å²) in [6.07, 6.45) is 0. The van der Waals surface area contributed by atoms with Gasteiger partial charge in [-0.15, -0.1) is 11.8 Å². The molecule has 2 aliphatic heterocycles. The number of amides is 1. The van der Waals surface area contributed by atoms with E-state index in [1.165, 1.54) is 16.7 Å². The maximum atomic E-state index is 11.7. The molecule has 19 heavy (non-hydrogen) atoms. The van der Waals surface area contributed by atoms with Crippen LogP contribution in [0, 0.1) is 0 Å². The van der Waals surface area contributed by atoms with Crippen molar-refractivity contribution < 1.29 is 19.2 Å². The van der Waals surface area contributed by atoms with Gasteiger partial charge in [-0.25, -0.2) is 0 Å². The Balaban J connectivity index is 2.33. The zero-order valence-corrected chi connectivity index (χ0v) is 12.2. The highest BCUT2D eigenvalue weighted by Gasteiger charge is 2.50. The van der Waals surface area contributed by atoms with E-state index in [9.17, 15) is 14.7 Å². The molecule has 2 atom stereocenters. The topological polar surface area (TPSA) is 86.5 Å². The number of nitrogens with two attached hydrogens (primary N) is 1. The molecule has 0 radical (unpaired) electrons. The van der Waals surface area contributed by atoms with Gasteiger partial charge < -0.3 is 20.1 Å². The molecule has 2 aliphatic rings. The number of carbonyl (C=O) groups is 2. The average Bonchev–Trinajstić information content (AvgIpc) is 2.36. The first-order valence-corrected chi connectivity index (χ1v) is 7.29. The Bertz CT molecular complexity index is 461. The molecule has 2 heterocycles. The first-order valence-electron chi connectivity index (χ1n) is 6.24. The lowest BCUT2D eigenvalue weighted by Gasteiger charge is -2.50. The van der Waals surface area contributed by atoms with E-state index < -0.39 is 12.0 Å². The van der Waals surface area contributed by atoms with Crippen LogP contribution in [0.25, 0.3) is 0 Å². The summed E-state index contributed by atoms with van der Waals surface area (Å²) >= 11 is 1.53. The second kappa shape index (κ2) is 4.81. The largest absolute Gasteiger partial charge is 0.543 e. The van der Waals surface area contributed by atoms with Gasteiger partial charge in [-0.2, -0.15) is 0 Å². The summed E-state index contributed by atoms with van der Waals surface area (Å²) in [5.74, 6) is -1.01. The molecule has 1 amide bonds. The summed E-state index contributed by atoms with van der Waals surface area (Å²) in [4.78, 5) is 24.4. The molecule has 0 aliphatic carbocycles. The number of hydrogen-bond acceptors (Lipinski definition) is 5. The molecule has 2 rings (SSSR count). The lowest BCUT2D eigenvalue weighted by Crippen LogP contribution is -2.69. The molecule has 0 aromatic carbocycles. The van der Waals surface area contributed by atoms with Gasteiger partial charge in [-0.3, -0.25) is 9.69 Å². The van der Waals surface area contributed by atoms with Gasteiger partial charge in [0.1, 0.15) is 18.0 Å². The van der Waals surface area contributed by atoms with Crippen LogP contribution in [-0.2, 0) is 9.59 Å². The fourth-order valence-corrected chi connectivity index (χ4v) is 3.60. The zero-order valence-electron chi connectivity index (χ0n) is 11.4. The highest BCUT2D eigenvalue weighted by molar-refractivity contribution is 8.00. The van der Waals surface area contributed by atoms with Gasteiger partial charge in [0.25, 0.3) is 0 Å². The maximum absolute atomic E-state index is 11.7. The van der Waals surface area contributed by atoms with Crippen molar-refractivity contribution in [2.75, 3.05) is 32.9 Å². The molecular weight excluding hydrogens is 266 g/mol. The quantitative estimate of drug-likeness (QED) is 0.493. The molecule has 2 N–H and O–H groups in total. The third kappa shape index (κ3) is 2.37. The summed E-state index contributed by atoms with van der Waals surface area (Å²) in [5.41, 5.74) is 6.48. The second-order valence-corrected chi connectivity index (χ2v) is 6.69. The number of carbonyl (C=O) groups excluding carboxylic acids is 2. The van der Waals surface area contributed by atoms with Crippen LogP contribution in [0.5, 0.6) is 0 Å². The Hall–Kier alpha value is -1.05. The normalized spacial score (nSPS) is 27.2. The molecular formula is C12H19N3O3S. The number of likely N-dealkylation sites (N-methyl/N-ethyl adjacent to an activating group) is 1. The molecule has 0 spiro atoms. The van der Waals surface area contributed by atoms with E-state index in [-0.39, 0.29) is 17.0 Å². The van der Waals surface area contributed by atoms with E-state index in [0.717, 1.165) is 12.1 Å². The highest BCUT2D eigenvalue weighted by Crippen LogP contribution is 2.39. The number of nitrogens with zero attached hydrogens (tertiary/aromatic N) is 2. The minimum Gasteiger partial charge on any atom is -0.543 e. The first kappa shape index (κ1) is 14.4. The number of β-lactam (4-membered cyclic amide) rings is 1. The number of hydrogen-bond donors (Lipinski definition) is 1. The van der Waals surface area contributed by atoms with Crippen molar-refractivity contribution in [3.63, 3.8) is 0 Å². The van der Waals surface area contributed by atoms with E-state index in [4.69, 9.17) is 5.73 Å². The van der Waals surface area contributed by atoms with Crippen molar-refractivity contribution in [1.82, 2.24) is 4.90 Å². The van der Waals surface area contributed by atoms with E-state index >= 15 is 0 Å². The summed E-state index contributed by atoms with van der Waals surface area (Å²) in [6.45, 7) is 3.52. The van der Waals surface area contributed by atoms with Crippen LogP contribution in [0.2, 0.25) is 0 Å². The minimum atomic E-state index is -1.28. The van der Waals surface area contributed by atoms with E-state index in [0.29, 0.717) is 16.8 Å². The van der Waals surface area contributed by atoms with Gasteiger partial charge in [0.05, 0.1) is 32.3 Å². The third-order valence-electron chi connectivity index (χ3n) is 3.76. The van der Waals surface area contributed by atoms with Gasteiger partial charge >= 0.3 is 0 Å². The second-order valence-electron chi connectivity index (χ2n) is 5.59. The summed E-state index contributed by atoms with van der Waals surface area (Å²) in [7, 11) is 4.06. The first-order chi connectivity index (χ1) is 8.78. The minimum absolute atomic E-state index is 0.0371. The van der Waals surface area contributed by atoms with Crippen molar-refractivity contribution in [3.05, 3.63) is 11.3 Å². The fraction of sp³-hybridized carbons (Fsp3) is 0.667. The Morgan fingerprint density at radius 3 is 2.74 bits per heavy atom. The molecule has 0 bridgehead atoms. The van der Waals surface area contributed by atoms with Crippen LogP contribution >= 0.6 is 11.8 Å². The van der Waals surface area contributed by atoms with Gasteiger partial charge in [-0.1, -0.05) is 0 Å². The van der Waals surface area contributed by atoms with E-state index in [1.54, 1.807) is 0 Å². The Labute approximate surface area is 116 Å². The lowest BCUT2D eigenvalue weighted by atomic mass is 10.0. The standard InChI is InChI=1S/C12H19N3O3S/c1-4-15(2,3)5-7-6-19-11-8(13)10(16)14(11)9(7)12(17)18/h8,11H,4-6,13H2,1-3H3. The molecule has 1 fully saturated rings.